The zero-order valence-corrected chi connectivity index (χ0v) is 18.2. The van der Waals surface area contributed by atoms with Crippen LogP contribution in [0, 0.1) is 6.92 Å². The number of thiazole rings is 1. The molecule has 0 spiro atoms. The van der Waals surface area contributed by atoms with E-state index in [0.717, 1.165) is 22.5 Å². The van der Waals surface area contributed by atoms with E-state index >= 15 is 0 Å². The average Bonchev–Trinajstić information content (AvgIpc) is 3.48. The van der Waals surface area contributed by atoms with Crippen LogP contribution in [0.15, 0.2) is 78.2 Å². The molecule has 0 fully saturated rings. The molecular weight excluding hydrogens is 422 g/mol. The molecule has 2 N–H and O–H groups in total. The summed E-state index contributed by atoms with van der Waals surface area (Å²) in [6.45, 7) is 2.25. The Kier molecular flexibility index (Phi) is 5.47. The van der Waals surface area contributed by atoms with E-state index in [4.69, 9.17) is 9.47 Å². The van der Waals surface area contributed by atoms with Crippen LogP contribution in [0.5, 0.6) is 11.5 Å². The van der Waals surface area contributed by atoms with Gasteiger partial charge >= 0.3 is 0 Å². The normalized spacial score (nSPS) is 12.9. The second-order valence-electron chi connectivity index (χ2n) is 7.45. The smallest absolute Gasteiger partial charge is 0.253 e. The molecule has 5 rings (SSSR count). The van der Waals surface area contributed by atoms with E-state index in [-0.39, 0.29) is 12.7 Å². The van der Waals surface area contributed by atoms with Crippen LogP contribution in [-0.2, 0) is 4.79 Å². The van der Waals surface area contributed by atoms with E-state index in [0.29, 0.717) is 16.6 Å². The maximum Gasteiger partial charge on any atom is 0.253 e. The zero-order chi connectivity index (χ0) is 21.9. The molecule has 0 bridgehead atoms. The van der Waals surface area contributed by atoms with Gasteiger partial charge in [0.05, 0.1) is 5.69 Å². The topological polar surface area (TPSA) is 72.5 Å². The predicted octanol–water partition coefficient (Wildman–Crippen LogP) is 5.64. The third-order valence-electron chi connectivity index (χ3n) is 5.16. The van der Waals surface area contributed by atoms with Crippen LogP contribution >= 0.6 is 11.3 Å². The Morgan fingerprint density at radius 1 is 1.00 bits per heavy atom. The lowest BCUT2D eigenvalue weighted by Gasteiger charge is -2.19. The summed E-state index contributed by atoms with van der Waals surface area (Å²) in [5.41, 5.74) is 4.66. The standard InChI is InChI=1S/C25H21N3O3S/c1-16-7-9-17(10-8-16)20-14-32-25(27-20)28-24(29)23(18-5-3-2-4-6-18)26-19-11-12-21-22(13-19)31-15-30-21/h2-14,23,26H,15H2,1H3,(H,27,28,29)/t23-/m1/s1. The molecule has 7 heteroatoms. The number of anilines is 2. The number of fused-ring (bicyclic) bond motifs is 1. The molecule has 4 aromatic rings. The minimum Gasteiger partial charge on any atom is -0.454 e. The molecule has 0 unspecified atom stereocenters. The number of hydrogen-bond acceptors (Lipinski definition) is 6. The molecule has 2 heterocycles. The molecule has 0 aliphatic carbocycles. The van der Waals surface area contributed by atoms with Crippen LogP contribution in [-0.4, -0.2) is 17.7 Å². The van der Waals surface area contributed by atoms with Crippen LogP contribution in [0.4, 0.5) is 10.8 Å². The van der Waals surface area contributed by atoms with Crippen LogP contribution in [0.3, 0.4) is 0 Å². The summed E-state index contributed by atoms with van der Waals surface area (Å²) in [6, 6.07) is 22.7. The summed E-state index contributed by atoms with van der Waals surface area (Å²) in [4.78, 5) is 17.9. The van der Waals surface area contributed by atoms with E-state index < -0.39 is 6.04 Å². The number of rotatable bonds is 6. The Hall–Kier alpha value is -3.84. The van der Waals surface area contributed by atoms with Gasteiger partial charge in [-0.25, -0.2) is 4.98 Å². The minimum absolute atomic E-state index is 0.196. The molecule has 0 saturated heterocycles. The number of aryl methyl sites for hydroxylation is 1. The molecule has 160 valence electrons. The lowest BCUT2D eigenvalue weighted by Crippen LogP contribution is -2.27. The fourth-order valence-corrected chi connectivity index (χ4v) is 4.19. The lowest BCUT2D eigenvalue weighted by atomic mass is 10.1. The number of carbonyl (C=O) groups is 1. The van der Waals surface area contributed by atoms with Gasteiger partial charge in [-0.1, -0.05) is 60.2 Å². The van der Waals surface area contributed by atoms with Crippen molar-refractivity contribution in [2.45, 2.75) is 13.0 Å². The molecule has 6 nitrogen and oxygen atoms in total. The maximum atomic E-state index is 13.3. The lowest BCUT2D eigenvalue weighted by molar-refractivity contribution is -0.117. The highest BCUT2D eigenvalue weighted by molar-refractivity contribution is 7.14. The maximum absolute atomic E-state index is 13.3. The summed E-state index contributed by atoms with van der Waals surface area (Å²) in [5.74, 6) is 1.16. The first-order chi connectivity index (χ1) is 15.7. The highest BCUT2D eigenvalue weighted by atomic mass is 32.1. The molecule has 1 aromatic heterocycles. The fraction of sp³-hybridized carbons (Fsp3) is 0.120. The van der Waals surface area contributed by atoms with Crippen LogP contribution < -0.4 is 20.1 Å². The summed E-state index contributed by atoms with van der Waals surface area (Å²) in [7, 11) is 0. The number of benzene rings is 3. The van der Waals surface area contributed by atoms with Crippen molar-refractivity contribution < 1.29 is 14.3 Å². The molecule has 1 aliphatic heterocycles. The van der Waals surface area contributed by atoms with E-state index in [1.54, 1.807) is 0 Å². The number of carbonyl (C=O) groups excluding carboxylic acids is 1. The second-order valence-corrected chi connectivity index (χ2v) is 8.31. The van der Waals surface area contributed by atoms with Crippen molar-refractivity contribution in [3.8, 4) is 22.8 Å². The van der Waals surface area contributed by atoms with Crippen molar-refractivity contribution in [3.05, 3.63) is 89.3 Å². The molecule has 1 amide bonds. The Labute approximate surface area is 189 Å². The first-order valence-electron chi connectivity index (χ1n) is 10.2. The third-order valence-corrected chi connectivity index (χ3v) is 5.92. The van der Waals surface area contributed by atoms with Crippen molar-refractivity contribution in [3.63, 3.8) is 0 Å². The molecule has 1 aliphatic rings. The number of nitrogens with one attached hydrogen (secondary N) is 2. The number of amides is 1. The first kappa shape index (κ1) is 20.1. The Balaban J connectivity index is 1.37. The molecule has 0 radical (unpaired) electrons. The summed E-state index contributed by atoms with van der Waals surface area (Å²) in [5, 5.41) is 8.79. The van der Waals surface area contributed by atoms with Crippen molar-refractivity contribution in [2.75, 3.05) is 17.4 Å². The molecule has 32 heavy (non-hydrogen) atoms. The van der Waals surface area contributed by atoms with Gasteiger partial charge in [0.15, 0.2) is 16.6 Å². The number of ether oxygens (including phenoxy) is 2. The van der Waals surface area contributed by atoms with Gasteiger partial charge in [0.1, 0.15) is 6.04 Å². The SMILES string of the molecule is Cc1ccc(-c2csc(NC(=O)[C@H](Nc3ccc4c(c3)OCO4)c3ccccc3)n2)cc1. The molecule has 0 saturated carbocycles. The van der Waals surface area contributed by atoms with Gasteiger partial charge in [0, 0.05) is 22.7 Å². The fourth-order valence-electron chi connectivity index (χ4n) is 3.46. The second kappa shape index (κ2) is 8.72. The van der Waals surface area contributed by atoms with E-state index in [1.807, 2.05) is 85.1 Å². The van der Waals surface area contributed by atoms with E-state index in [9.17, 15) is 4.79 Å². The number of hydrogen-bond donors (Lipinski definition) is 2. The van der Waals surface area contributed by atoms with Crippen molar-refractivity contribution in [2.24, 2.45) is 0 Å². The van der Waals surface area contributed by atoms with E-state index in [2.05, 4.69) is 15.6 Å². The summed E-state index contributed by atoms with van der Waals surface area (Å²) < 4.78 is 10.8. The summed E-state index contributed by atoms with van der Waals surface area (Å²) >= 11 is 1.40. The summed E-state index contributed by atoms with van der Waals surface area (Å²) in [6.07, 6.45) is 0. The van der Waals surface area contributed by atoms with Crippen molar-refractivity contribution >= 4 is 28.1 Å². The first-order valence-corrected chi connectivity index (χ1v) is 11.1. The highest BCUT2D eigenvalue weighted by Gasteiger charge is 2.23. The van der Waals surface area contributed by atoms with Crippen LogP contribution in [0.1, 0.15) is 17.2 Å². The van der Waals surface area contributed by atoms with Gasteiger partial charge in [0.25, 0.3) is 5.91 Å². The largest absolute Gasteiger partial charge is 0.454 e. The van der Waals surface area contributed by atoms with Crippen LogP contribution in [0.25, 0.3) is 11.3 Å². The zero-order valence-electron chi connectivity index (χ0n) is 17.4. The number of aromatic nitrogens is 1. The minimum atomic E-state index is -0.608. The van der Waals surface area contributed by atoms with Gasteiger partial charge in [-0.15, -0.1) is 11.3 Å². The molecular formula is C25H21N3O3S. The Bertz CT molecular complexity index is 1240. The quantitative estimate of drug-likeness (QED) is 0.404. The van der Waals surface area contributed by atoms with E-state index in [1.165, 1.54) is 16.9 Å². The average molecular weight is 444 g/mol. The monoisotopic (exact) mass is 443 g/mol. The van der Waals surface area contributed by atoms with Crippen molar-refractivity contribution in [1.29, 1.82) is 0 Å². The molecule has 3 aromatic carbocycles. The van der Waals surface area contributed by atoms with Gasteiger partial charge in [0.2, 0.25) is 6.79 Å². The Morgan fingerprint density at radius 3 is 2.59 bits per heavy atom. The van der Waals surface area contributed by atoms with Gasteiger partial charge in [-0.2, -0.15) is 0 Å². The Morgan fingerprint density at radius 2 is 1.78 bits per heavy atom. The third kappa shape index (κ3) is 4.29. The highest BCUT2D eigenvalue weighted by Crippen LogP contribution is 2.35. The number of nitrogens with zero attached hydrogens (tertiary/aromatic N) is 1. The predicted molar refractivity (Wildman–Crippen MR) is 126 cm³/mol. The van der Waals surface area contributed by atoms with Gasteiger partial charge in [-0.3, -0.25) is 10.1 Å². The van der Waals surface area contributed by atoms with Gasteiger partial charge < -0.3 is 14.8 Å². The van der Waals surface area contributed by atoms with Gasteiger partial charge in [-0.05, 0) is 24.6 Å². The molecule has 1 atom stereocenters. The van der Waals surface area contributed by atoms with Crippen molar-refractivity contribution in [1.82, 2.24) is 4.98 Å². The van der Waals surface area contributed by atoms with Crippen LogP contribution in [0.2, 0.25) is 0 Å².